The lowest BCUT2D eigenvalue weighted by molar-refractivity contribution is 0.482. The molecule has 3 N–H and O–H groups in total. The summed E-state index contributed by atoms with van der Waals surface area (Å²) in [5.74, 6) is 1.52. The maximum Gasteiger partial charge on any atom is 0.0314 e. The Bertz CT molecular complexity index is 358. The van der Waals surface area contributed by atoms with Gasteiger partial charge in [-0.15, -0.1) is 0 Å². The van der Waals surface area contributed by atoms with Crippen molar-refractivity contribution in [2.75, 3.05) is 12.3 Å². The predicted molar refractivity (Wildman–Crippen MR) is 78.7 cm³/mol. The molecule has 1 aliphatic rings. The van der Waals surface area contributed by atoms with Crippen LogP contribution in [0.15, 0.2) is 24.3 Å². The second-order valence-electron chi connectivity index (χ2n) is 5.93. The van der Waals surface area contributed by atoms with Gasteiger partial charge in [-0.2, -0.15) is 0 Å². The summed E-state index contributed by atoms with van der Waals surface area (Å²) < 4.78 is 0. The summed E-state index contributed by atoms with van der Waals surface area (Å²) in [6.07, 6.45) is 5.31. The first-order chi connectivity index (χ1) is 8.65. The van der Waals surface area contributed by atoms with Gasteiger partial charge in [0.15, 0.2) is 0 Å². The fraction of sp³-hybridized carbons (Fsp3) is 0.625. The Morgan fingerprint density at radius 2 is 2.00 bits per heavy atom. The number of rotatable bonds is 5. The number of nitrogens with one attached hydrogen (secondary N) is 1. The van der Waals surface area contributed by atoms with Crippen LogP contribution >= 0.6 is 0 Å². The fourth-order valence-electron chi connectivity index (χ4n) is 2.89. The van der Waals surface area contributed by atoms with Crippen LogP contribution in [0.25, 0.3) is 0 Å². The predicted octanol–water partition coefficient (Wildman–Crippen LogP) is 3.54. The largest absolute Gasteiger partial charge is 0.399 e. The van der Waals surface area contributed by atoms with Crippen LogP contribution in [-0.4, -0.2) is 12.6 Å². The molecular weight excluding hydrogens is 220 g/mol. The third kappa shape index (κ3) is 3.74. The molecule has 1 aliphatic carbocycles. The van der Waals surface area contributed by atoms with Crippen molar-refractivity contribution in [3.63, 3.8) is 0 Å². The third-order valence-corrected chi connectivity index (χ3v) is 4.21. The van der Waals surface area contributed by atoms with Gasteiger partial charge in [0.1, 0.15) is 0 Å². The van der Waals surface area contributed by atoms with Crippen LogP contribution in [0.3, 0.4) is 0 Å². The minimum atomic E-state index is 0.608. The first-order valence-electron chi connectivity index (χ1n) is 7.24. The molecule has 3 unspecified atom stereocenters. The summed E-state index contributed by atoms with van der Waals surface area (Å²) in [6.45, 7) is 5.78. The number of nitrogen functional groups attached to an aromatic ring is 1. The third-order valence-electron chi connectivity index (χ3n) is 4.21. The van der Waals surface area contributed by atoms with Crippen molar-refractivity contribution in [2.45, 2.75) is 51.5 Å². The molecule has 18 heavy (non-hydrogen) atoms. The molecule has 0 spiro atoms. The van der Waals surface area contributed by atoms with Crippen molar-refractivity contribution in [1.82, 2.24) is 5.32 Å². The standard InChI is InChI=1S/C16H26N2/c1-12-3-8-16(11-12)18-10-9-13(2)14-4-6-15(17)7-5-14/h4-7,12-13,16,18H,3,8-11,17H2,1-2H3. The fourth-order valence-corrected chi connectivity index (χ4v) is 2.89. The van der Waals surface area contributed by atoms with Crippen molar-refractivity contribution in [2.24, 2.45) is 5.92 Å². The second-order valence-corrected chi connectivity index (χ2v) is 5.93. The Hall–Kier alpha value is -1.02. The lowest BCUT2D eigenvalue weighted by atomic mass is 9.97. The van der Waals surface area contributed by atoms with Crippen LogP contribution in [0.2, 0.25) is 0 Å². The minimum absolute atomic E-state index is 0.608. The highest BCUT2D eigenvalue weighted by atomic mass is 14.9. The highest BCUT2D eigenvalue weighted by Gasteiger charge is 2.20. The van der Waals surface area contributed by atoms with Gasteiger partial charge in [0, 0.05) is 11.7 Å². The highest BCUT2D eigenvalue weighted by molar-refractivity contribution is 5.40. The molecule has 1 aromatic rings. The summed E-state index contributed by atoms with van der Waals surface area (Å²) >= 11 is 0. The van der Waals surface area contributed by atoms with Crippen molar-refractivity contribution in [3.05, 3.63) is 29.8 Å². The van der Waals surface area contributed by atoms with E-state index in [1.54, 1.807) is 0 Å². The van der Waals surface area contributed by atoms with Crippen LogP contribution in [0, 0.1) is 5.92 Å². The van der Waals surface area contributed by atoms with E-state index in [1.807, 2.05) is 12.1 Å². The van der Waals surface area contributed by atoms with Gasteiger partial charge in [0.2, 0.25) is 0 Å². The zero-order chi connectivity index (χ0) is 13.0. The zero-order valence-electron chi connectivity index (χ0n) is 11.7. The Labute approximate surface area is 111 Å². The van der Waals surface area contributed by atoms with E-state index in [0.29, 0.717) is 5.92 Å². The minimum Gasteiger partial charge on any atom is -0.399 e. The first kappa shape index (κ1) is 13.4. The van der Waals surface area contributed by atoms with Crippen LogP contribution in [-0.2, 0) is 0 Å². The Balaban J connectivity index is 1.71. The number of anilines is 1. The molecule has 2 rings (SSSR count). The van der Waals surface area contributed by atoms with E-state index < -0.39 is 0 Å². The van der Waals surface area contributed by atoms with Gasteiger partial charge in [0.25, 0.3) is 0 Å². The van der Waals surface area contributed by atoms with E-state index in [-0.39, 0.29) is 0 Å². The van der Waals surface area contributed by atoms with E-state index in [1.165, 1.54) is 31.2 Å². The summed E-state index contributed by atoms with van der Waals surface area (Å²) in [6, 6.07) is 9.06. The molecule has 2 nitrogen and oxygen atoms in total. The molecule has 1 saturated carbocycles. The van der Waals surface area contributed by atoms with E-state index in [2.05, 4.69) is 31.3 Å². The van der Waals surface area contributed by atoms with Crippen molar-refractivity contribution in [3.8, 4) is 0 Å². The lowest BCUT2D eigenvalue weighted by Gasteiger charge is -2.16. The van der Waals surface area contributed by atoms with Gasteiger partial charge >= 0.3 is 0 Å². The zero-order valence-corrected chi connectivity index (χ0v) is 11.7. The van der Waals surface area contributed by atoms with Crippen molar-refractivity contribution in [1.29, 1.82) is 0 Å². The smallest absolute Gasteiger partial charge is 0.0314 e. The SMILES string of the molecule is CC1CCC(NCCC(C)c2ccc(N)cc2)C1. The quantitative estimate of drug-likeness (QED) is 0.780. The number of nitrogens with two attached hydrogens (primary N) is 1. The van der Waals surface area contributed by atoms with Gasteiger partial charge in [-0.05, 0) is 61.8 Å². The molecule has 0 bridgehead atoms. The second kappa shape index (κ2) is 6.24. The van der Waals surface area contributed by atoms with Crippen LogP contribution in [0.4, 0.5) is 5.69 Å². The summed E-state index contributed by atoms with van der Waals surface area (Å²) in [5.41, 5.74) is 7.96. The van der Waals surface area contributed by atoms with Crippen LogP contribution < -0.4 is 11.1 Å². The topological polar surface area (TPSA) is 38.0 Å². The summed E-state index contributed by atoms with van der Waals surface area (Å²) in [7, 11) is 0. The number of benzene rings is 1. The molecular formula is C16H26N2. The van der Waals surface area contributed by atoms with Gasteiger partial charge in [-0.1, -0.05) is 26.0 Å². The molecule has 0 saturated heterocycles. The molecule has 1 aromatic carbocycles. The highest BCUT2D eigenvalue weighted by Crippen LogP contribution is 2.25. The molecule has 0 aromatic heterocycles. The Morgan fingerprint density at radius 1 is 1.28 bits per heavy atom. The monoisotopic (exact) mass is 246 g/mol. The molecule has 2 heteroatoms. The molecule has 1 fully saturated rings. The molecule has 3 atom stereocenters. The van der Waals surface area contributed by atoms with Gasteiger partial charge in [0.05, 0.1) is 0 Å². The average Bonchev–Trinajstić information content (AvgIpc) is 2.76. The van der Waals surface area contributed by atoms with E-state index in [4.69, 9.17) is 5.73 Å². The molecule has 0 aliphatic heterocycles. The van der Waals surface area contributed by atoms with E-state index >= 15 is 0 Å². The summed E-state index contributed by atoms with van der Waals surface area (Å²) in [5, 5.41) is 3.70. The van der Waals surface area contributed by atoms with Crippen LogP contribution in [0.5, 0.6) is 0 Å². The molecule has 0 heterocycles. The van der Waals surface area contributed by atoms with E-state index in [9.17, 15) is 0 Å². The average molecular weight is 246 g/mol. The van der Waals surface area contributed by atoms with Gasteiger partial charge in [-0.25, -0.2) is 0 Å². The van der Waals surface area contributed by atoms with Gasteiger partial charge < -0.3 is 11.1 Å². The number of hydrogen-bond acceptors (Lipinski definition) is 2. The Kier molecular flexibility index (Phi) is 4.65. The van der Waals surface area contributed by atoms with Crippen LogP contribution in [0.1, 0.15) is 51.0 Å². The van der Waals surface area contributed by atoms with E-state index in [0.717, 1.165) is 24.2 Å². The maximum atomic E-state index is 5.71. The number of hydrogen-bond donors (Lipinski definition) is 2. The molecule has 100 valence electrons. The normalized spacial score (nSPS) is 25.2. The molecule has 0 amide bonds. The van der Waals surface area contributed by atoms with Crippen molar-refractivity contribution >= 4 is 5.69 Å². The first-order valence-corrected chi connectivity index (χ1v) is 7.24. The lowest BCUT2D eigenvalue weighted by Crippen LogP contribution is -2.28. The van der Waals surface area contributed by atoms with Crippen molar-refractivity contribution < 1.29 is 0 Å². The van der Waals surface area contributed by atoms with Gasteiger partial charge in [-0.3, -0.25) is 0 Å². The summed E-state index contributed by atoms with van der Waals surface area (Å²) in [4.78, 5) is 0. The Morgan fingerprint density at radius 3 is 2.61 bits per heavy atom. The maximum absolute atomic E-state index is 5.71. The molecule has 0 radical (unpaired) electrons.